The smallest absolute Gasteiger partial charge is 0.263 e. The fraction of sp³-hybridized carbons (Fsp3) is 0.412. The Morgan fingerprint density at radius 3 is 3.00 bits per heavy atom. The van der Waals surface area contributed by atoms with Crippen molar-refractivity contribution in [1.82, 2.24) is 14.7 Å². The highest BCUT2D eigenvalue weighted by atomic mass is 16.5. The second-order valence-corrected chi connectivity index (χ2v) is 5.63. The molecule has 2 heterocycles. The topological polar surface area (TPSA) is 47.4 Å². The molecule has 116 valence electrons. The van der Waals surface area contributed by atoms with Crippen molar-refractivity contribution in [3.63, 3.8) is 0 Å². The van der Waals surface area contributed by atoms with E-state index in [1.807, 2.05) is 43.3 Å². The molecule has 1 aromatic heterocycles. The van der Waals surface area contributed by atoms with Gasteiger partial charge in [-0.1, -0.05) is 18.2 Å². The summed E-state index contributed by atoms with van der Waals surface area (Å²) in [6.07, 6.45) is 4.97. The predicted molar refractivity (Wildman–Crippen MR) is 83.5 cm³/mol. The molecule has 0 spiro atoms. The van der Waals surface area contributed by atoms with E-state index in [-0.39, 0.29) is 12.0 Å². The second kappa shape index (κ2) is 6.22. The summed E-state index contributed by atoms with van der Waals surface area (Å²) in [6, 6.07) is 7.94. The van der Waals surface area contributed by atoms with Crippen LogP contribution < -0.4 is 4.74 Å². The number of ether oxygens (including phenoxy) is 1. The second-order valence-electron chi connectivity index (χ2n) is 5.63. The number of para-hydroxylation sites is 1. The summed E-state index contributed by atoms with van der Waals surface area (Å²) in [5, 5.41) is 4.15. The number of hydrogen-bond acceptors (Lipinski definition) is 3. The van der Waals surface area contributed by atoms with Crippen LogP contribution in [0.4, 0.5) is 0 Å². The SMILES string of the molecule is CCN(Cc1cnn(C)c1)C(=O)[C@H]1CCc2ccccc2O1. The molecule has 5 heteroatoms. The average molecular weight is 299 g/mol. The zero-order chi connectivity index (χ0) is 15.5. The van der Waals surface area contributed by atoms with Gasteiger partial charge in [0.1, 0.15) is 5.75 Å². The van der Waals surface area contributed by atoms with Crippen molar-refractivity contribution in [2.45, 2.75) is 32.4 Å². The summed E-state index contributed by atoms with van der Waals surface area (Å²) in [5.41, 5.74) is 2.22. The molecular formula is C17H21N3O2. The molecule has 2 aromatic rings. The minimum atomic E-state index is -0.383. The number of carbonyl (C=O) groups is 1. The largest absolute Gasteiger partial charge is 0.480 e. The number of hydrogen-bond donors (Lipinski definition) is 0. The molecule has 1 aliphatic rings. The molecule has 0 radical (unpaired) electrons. The first kappa shape index (κ1) is 14.6. The van der Waals surface area contributed by atoms with E-state index in [0.29, 0.717) is 13.1 Å². The number of aryl methyl sites for hydroxylation is 2. The van der Waals surface area contributed by atoms with Gasteiger partial charge in [-0.15, -0.1) is 0 Å². The van der Waals surface area contributed by atoms with E-state index in [0.717, 1.165) is 24.2 Å². The summed E-state index contributed by atoms with van der Waals surface area (Å²) < 4.78 is 7.66. The van der Waals surface area contributed by atoms with Crippen LogP contribution in [0.3, 0.4) is 0 Å². The lowest BCUT2D eigenvalue weighted by Gasteiger charge is -2.30. The Kier molecular flexibility index (Phi) is 4.13. The number of benzene rings is 1. The average Bonchev–Trinajstić information content (AvgIpc) is 2.96. The zero-order valence-corrected chi connectivity index (χ0v) is 13.0. The van der Waals surface area contributed by atoms with E-state index < -0.39 is 0 Å². The van der Waals surface area contributed by atoms with Crippen molar-refractivity contribution in [1.29, 1.82) is 0 Å². The third-order valence-corrected chi connectivity index (χ3v) is 4.02. The van der Waals surface area contributed by atoms with E-state index in [2.05, 4.69) is 11.2 Å². The highest BCUT2D eigenvalue weighted by Crippen LogP contribution is 2.28. The molecular weight excluding hydrogens is 278 g/mol. The highest BCUT2D eigenvalue weighted by molar-refractivity contribution is 5.81. The highest BCUT2D eigenvalue weighted by Gasteiger charge is 2.29. The van der Waals surface area contributed by atoms with E-state index >= 15 is 0 Å². The number of aromatic nitrogens is 2. The molecule has 0 saturated carbocycles. The van der Waals surface area contributed by atoms with Crippen LogP contribution in [0.5, 0.6) is 5.75 Å². The van der Waals surface area contributed by atoms with Gasteiger partial charge in [0.15, 0.2) is 6.10 Å². The standard InChI is InChI=1S/C17H21N3O2/c1-3-20(12-13-10-18-19(2)11-13)17(21)16-9-8-14-6-4-5-7-15(14)22-16/h4-7,10-11,16H,3,8-9,12H2,1-2H3/t16-/m1/s1. The number of likely N-dealkylation sites (N-methyl/N-ethyl adjacent to an activating group) is 1. The molecule has 1 aromatic carbocycles. The first-order valence-electron chi connectivity index (χ1n) is 7.68. The number of carbonyl (C=O) groups excluding carboxylic acids is 1. The number of fused-ring (bicyclic) bond motifs is 1. The van der Waals surface area contributed by atoms with Crippen molar-refractivity contribution in [3.8, 4) is 5.75 Å². The summed E-state index contributed by atoms with van der Waals surface area (Å²) in [6.45, 7) is 3.23. The third-order valence-electron chi connectivity index (χ3n) is 4.02. The van der Waals surface area contributed by atoms with Gasteiger partial charge in [0.05, 0.1) is 6.20 Å². The van der Waals surface area contributed by atoms with Crippen molar-refractivity contribution < 1.29 is 9.53 Å². The Labute approximate surface area is 130 Å². The zero-order valence-electron chi connectivity index (χ0n) is 13.0. The molecule has 0 fully saturated rings. The maximum atomic E-state index is 12.7. The molecule has 1 aliphatic heterocycles. The fourth-order valence-electron chi connectivity index (χ4n) is 2.82. The molecule has 0 N–H and O–H groups in total. The van der Waals surface area contributed by atoms with Crippen LogP contribution in [0.25, 0.3) is 0 Å². The lowest BCUT2D eigenvalue weighted by atomic mass is 10.0. The van der Waals surface area contributed by atoms with Gasteiger partial charge in [0.25, 0.3) is 5.91 Å². The molecule has 0 saturated heterocycles. The summed E-state index contributed by atoms with van der Waals surface area (Å²) in [5.74, 6) is 0.894. The van der Waals surface area contributed by atoms with E-state index in [4.69, 9.17) is 4.74 Å². The van der Waals surface area contributed by atoms with Gasteiger partial charge in [0, 0.05) is 31.9 Å². The molecule has 1 amide bonds. The minimum Gasteiger partial charge on any atom is -0.480 e. The Bertz CT molecular complexity index is 665. The van der Waals surface area contributed by atoms with Crippen LogP contribution in [0, 0.1) is 0 Å². The van der Waals surface area contributed by atoms with Crippen LogP contribution >= 0.6 is 0 Å². The van der Waals surface area contributed by atoms with Gasteiger partial charge in [-0.2, -0.15) is 5.10 Å². The maximum Gasteiger partial charge on any atom is 0.263 e. The van der Waals surface area contributed by atoms with Crippen LogP contribution in [0.2, 0.25) is 0 Å². The number of amides is 1. The fourth-order valence-corrected chi connectivity index (χ4v) is 2.82. The van der Waals surface area contributed by atoms with Gasteiger partial charge in [-0.3, -0.25) is 9.48 Å². The van der Waals surface area contributed by atoms with Crippen LogP contribution in [-0.4, -0.2) is 33.2 Å². The van der Waals surface area contributed by atoms with Crippen LogP contribution in [0.1, 0.15) is 24.5 Å². The normalized spacial score (nSPS) is 16.7. The van der Waals surface area contributed by atoms with Gasteiger partial charge >= 0.3 is 0 Å². The molecule has 0 bridgehead atoms. The van der Waals surface area contributed by atoms with Crippen molar-refractivity contribution in [3.05, 3.63) is 47.8 Å². The first-order valence-corrected chi connectivity index (χ1v) is 7.68. The first-order chi connectivity index (χ1) is 10.7. The van der Waals surface area contributed by atoms with Gasteiger partial charge in [-0.25, -0.2) is 0 Å². The number of nitrogens with zero attached hydrogens (tertiary/aromatic N) is 3. The van der Waals surface area contributed by atoms with Crippen molar-refractivity contribution in [2.24, 2.45) is 7.05 Å². The monoisotopic (exact) mass is 299 g/mol. The summed E-state index contributed by atoms with van der Waals surface area (Å²) in [7, 11) is 1.88. The van der Waals surface area contributed by atoms with E-state index in [1.165, 1.54) is 5.56 Å². The Morgan fingerprint density at radius 2 is 2.27 bits per heavy atom. The molecule has 0 aliphatic carbocycles. The van der Waals surface area contributed by atoms with E-state index in [1.54, 1.807) is 10.9 Å². The number of rotatable bonds is 4. The van der Waals surface area contributed by atoms with Crippen LogP contribution in [-0.2, 0) is 24.8 Å². The summed E-state index contributed by atoms with van der Waals surface area (Å²) >= 11 is 0. The Hall–Kier alpha value is -2.30. The molecule has 5 nitrogen and oxygen atoms in total. The van der Waals surface area contributed by atoms with Gasteiger partial charge in [0.2, 0.25) is 0 Å². The Morgan fingerprint density at radius 1 is 1.45 bits per heavy atom. The van der Waals surface area contributed by atoms with E-state index in [9.17, 15) is 4.79 Å². The Balaban J connectivity index is 1.69. The molecule has 1 atom stereocenters. The molecule has 22 heavy (non-hydrogen) atoms. The third kappa shape index (κ3) is 2.98. The lowest BCUT2D eigenvalue weighted by molar-refractivity contribution is -0.139. The maximum absolute atomic E-state index is 12.7. The quantitative estimate of drug-likeness (QED) is 0.869. The lowest BCUT2D eigenvalue weighted by Crippen LogP contribution is -2.43. The van der Waals surface area contributed by atoms with Gasteiger partial charge < -0.3 is 9.64 Å². The summed E-state index contributed by atoms with van der Waals surface area (Å²) in [4.78, 5) is 14.6. The predicted octanol–water partition coefficient (Wildman–Crippen LogP) is 2.16. The van der Waals surface area contributed by atoms with Gasteiger partial charge in [-0.05, 0) is 31.4 Å². The van der Waals surface area contributed by atoms with Crippen molar-refractivity contribution >= 4 is 5.91 Å². The molecule has 3 rings (SSSR count). The van der Waals surface area contributed by atoms with Crippen molar-refractivity contribution in [2.75, 3.05) is 6.54 Å². The van der Waals surface area contributed by atoms with Crippen LogP contribution in [0.15, 0.2) is 36.7 Å². The molecule has 0 unspecified atom stereocenters. The minimum absolute atomic E-state index is 0.0563.